The van der Waals surface area contributed by atoms with Gasteiger partial charge in [0.1, 0.15) is 0 Å². The van der Waals surface area contributed by atoms with Crippen LogP contribution in [0.15, 0.2) is 4.99 Å². The van der Waals surface area contributed by atoms with E-state index in [0.717, 1.165) is 17.7 Å². The molecule has 0 heterocycles. The number of nitrogens with zero attached hydrogens (tertiary/aromatic N) is 1. The second kappa shape index (κ2) is 3.92. The summed E-state index contributed by atoms with van der Waals surface area (Å²) in [7, 11) is 0. The van der Waals surface area contributed by atoms with Gasteiger partial charge in [0.05, 0.1) is 11.9 Å². The van der Waals surface area contributed by atoms with Crippen molar-refractivity contribution >= 4 is 5.84 Å². The first-order valence-electron chi connectivity index (χ1n) is 6.05. The van der Waals surface area contributed by atoms with E-state index < -0.39 is 0 Å². The van der Waals surface area contributed by atoms with Crippen LogP contribution in [0, 0.1) is 17.8 Å². The zero-order valence-corrected chi connectivity index (χ0v) is 9.37. The first-order valence-corrected chi connectivity index (χ1v) is 6.05. The summed E-state index contributed by atoms with van der Waals surface area (Å²) in [5.74, 6) is 3.22. The van der Waals surface area contributed by atoms with Gasteiger partial charge in [-0.05, 0) is 37.5 Å². The Bertz CT molecular complexity index is 230. The molecule has 2 nitrogen and oxygen atoms in total. The second-order valence-corrected chi connectivity index (χ2v) is 5.00. The van der Waals surface area contributed by atoms with Crippen LogP contribution in [0.3, 0.4) is 0 Å². The molecule has 0 bridgehead atoms. The summed E-state index contributed by atoms with van der Waals surface area (Å²) in [4.78, 5) is 4.71. The summed E-state index contributed by atoms with van der Waals surface area (Å²) in [6.07, 6.45) is 6.45. The summed E-state index contributed by atoms with van der Waals surface area (Å²) in [5.41, 5.74) is 5.96. The van der Waals surface area contributed by atoms with Gasteiger partial charge in [-0.3, -0.25) is 4.99 Å². The quantitative estimate of drug-likeness (QED) is 0.544. The molecule has 2 aliphatic carbocycles. The van der Waals surface area contributed by atoms with Crippen molar-refractivity contribution in [3.05, 3.63) is 0 Å². The minimum atomic E-state index is 0.528. The molecule has 0 amide bonds. The summed E-state index contributed by atoms with van der Waals surface area (Å²) in [5, 5.41) is 0. The van der Waals surface area contributed by atoms with Gasteiger partial charge in [-0.15, -0.1) is 0 Å². The van der Waals surface area contributed by atoms with Crippen LogP contribution in [0.2, 0.25) is 0 Å². The van der Waals surface area contributed by atoms with Crippen molar-refractivity contribution in [2.75, 3.05) is 0 Å². The third kappa shape index (κ3) is 1.94. The van der Waals surface area contributed by atoms with E-state index in [9.17, 15) is 0 Å². The summed E-state index contributed by atoms with van der Waals surface area (Å²) < 4.78 is 0. The molecule has 2 aliphatic rings. The normalized spacial score (nSPS) is 39.0. The van der Waals surface area contributed by atoms with Gasteiger partial charge < -0.3 is 5.73 Å². The maximum atomic E-state index is 5.96. The molecular weight excluding hydrogens is 172 g/mol. The maximum absolute atomic E-state index is 5.96. The summed E-state index contributed by atoms with van der Waals surface area (Å²) >= 11 is 0. The number of nitrogens with two attached hydrogens (primary N) is 1. The van der Waals surface area contributed by atoms with Crippen LogP contribution in [0.1, 0.15) is 46.0 Å². The fraction of sp³-hybridized carbons (Fsp3) is 0.917. The molecule has 0 aliphatic heterocycles. The SMILES string of the molecule is CCC1CCC(N=C(N)C2CC2)C1C. The molecule has 3 atom stereocenters. The highest BCUT2D eigenvalue weighted by Gasteiger charge is 2.33. The molecule has 0 radical (unpaired) electrons. The number of hydrogen-bond acceptors (Lipinski definition) is 1. The molecule has 0 spiro atoms. The van der Waals surface area contributed by atoms with E-state index in [1.165, 1.54) is 32.1 Å². The smallest absolute Gasteiger partial charge is 0.0971 e. The number of hydrogen-bond donors (Lipinski definition) is 1. The van der Waals surface area contributed by atoms with Gasteiger partial charge in [0.15, 0.2) is 0 Å². The van der Waals surface area contributed by atoms with Crippen LogP contribution >= 0.6 is 0 Å². The largest absolute Gasteiger partial charge is 0.387 e. The van der Waals surface area contributed by atoms with Crippen LogP contribution in [-0.2, 0) is 0 Å². The molecule has 2 heteroatoms. The number of amidine groups is 1. The third-order valence-corrected chi connectivity index (χ3v) is 4.02. The lowest BCUT2D eigenvalue weighted by Gasteiger charge is -2.16. The topological polar surface area (TPSA) is 38.4 Å². The first kappa shape index (κ1) is 10.0. The Kier molecular flexibility index (Phi) is 2.80. The molecule has 0 aromatic heterocycles. The average Bonchev–Trinajstić information content (AvgIpc) is 2.95. The monoisotopic (exact) mass is 194 g/mol. The number of aliphatic imine (C=N–C) groups is 1. The average molecular weight is 194 g/mol. The van der Waals surface area contributed by atoms with Crippen molar-refractivity contribution in [3.63, 3.8) is 0 Å². The highest BCUT2D eigenvalue weighted by molar-refractivity contribution is 5.85. The summed E-state index contributed by atoms with van der Waals surface area (Å²) in [6.45, 7) is 4.63. The van der Waals surface area contributed by atoms with Gasteiger partial charge in [-0.25, -0.2) is 0 Å². The predicted octanol–water partition coefficient (Wildman–Crippen LogP) is 2.58. The lowest BCUT2D eigenvalue weighted by atomic mass is 9.94. The Labute approximate surface area is 87.0 Å². The zero-order valence-electron chi connectivity index (χ0n) is 9.37. The predicted molar refractivity (Wildman–Crippen MR) is 60.3 cm³/mol. The van der Waals surface area contributed by atoms with Crippen LogP contribution in [0.5, 0.6) is 0 Å². The van der Waals surface area contributed by atoms with Crippen molar-refractivity contribution in [1.82, 2.24) is 0 Å². The van der Waals surface area contributed by atoms with Crippen molar-refractivity contribution in [2.24, 2.45) is 28.5 Å². The van der Waals surface area contributed by atoms with Gasteiger partial charge in [-0.2, -0.15) is 0 Å². The molecule has 2 N–H and O–H groups in total. The maximum Gasteiger partial charge on any atom is 0.0971 e. The van der Waals surface area contributed by atoms with Crippen LogP contribution in [0.4, 0.5) is 0 Å². The third-order valence-electron chi connectivity index (χ3n) is 4.02. The highest BCUT2D eigenvalue weighted by atomic mass is 14.9. The van der Waals surface area contributed by atoms with Crippen molar-refractivity contribution < 1.29 is 0 Å². The molecule has 0 aromatic carbocycles. The van der Waals surface area contributed by atoms with E-state index in [0.29, 0.717) is 12.0 Å². The van der Waals surface area contributed by atoms with Crippen molar-refractivity contribution in [3.8, 4) is 0 Å². The molecule has 2 saturated carbocycles. The molecular formula is C12H22N2. The standard InChI is InChI=1S/C12H22N2/c1-3-9-6-7-11(8(9)2)14-12(13)10-4-5-10/h8-11H,3-7H2,1-2H3,(H2,13,14). The fourth-order valence-electron chi connectivity index (χ4n) is 2.66. The van der Waals surface area contributed by atoms with E-state index >= 15 is 0 Å². The molecule has 14 heavy (non-hydrogen) atoms. The lowest BCUT2D eigenvalue weighted by molar-refractivity contribution is 0.383. The first-order chi connectivity index (χ1) is 6.72. The lowest BCUT2D eigenvalue weighted by Crippen LogP contribution is -2.21. The van der Waals surface area contributed by atoms with Gasteiger partial charge in [0, 0.05) is 5.92 Å². The molecule has 2 fully saturated rings. The summed E-state index contributed by atoms with van der Waals surface area (Å²) in [6, 6.07) is 0.528. The van der Waals surface area contributed by atoms with Gasteiger partial charge in [0.25, 0.3) is 0 Å². The highest BCUT2D eigenvalue weighted by Crippen LogP contribution is 2.37. The van der Waals surface area contributed by atoms with Gasteiger partial charge >= 0.3 is 0 Å². The molecule has 80 valence electrons. The minimum absolute atomic E-state index is 0.528. The molecule has 3 unspecified atom stereocenters. The Morgan fingerprint density at radius 3 is 2.50 bits per heavy atom. The Hall–Kier alpha value is -0.530. The van der Waals surface area contributed by atoms with Crippen LogP contribution in [0.25, 0.3) is 0 Å². The van der Waals surface area contributed by atoms with E-state index in [1.807, 2.05) is 0 Å². The van der Waals surface area contributed by atoms with Crippen LogP contribution < -0.4 is 5.73 Å². The Morgan fingerprint density at radius 1 is 1.29 bits per heavy atom. The molecule has 2 rings (SSSR count). The van der Waals surface area contributed by atoms with Gasteiger partial charge in [0.2, 0.25) is 0 Å². The van der Waals surface area contributed by atoms with E-state index in [4.69, 9.17) is 10.7 Å². The second-order valence-electron chi connectivity index (χ2n) is 5.00. The number of rotatable bonds is 3. The van der Waals surface area contributed by atoms with E-state index in [-0.39, 0.29) is 0 Å². The fourth-order valence-corrected chi connectivity index (χ4v) is 2.66. The molecule has 0 saturated heterocycles. The molecule has 0 aromatic rings. The zero-order chi connectivity index (χ0) is 10.1. The Balaban J connectivity index is 1.95. The Morgan fingerprint density at radius 2 is 2.00 bits per heavy atom. The van der Waals surface area contributed by atoms with E-state index in [1.54, 1.807) is 0 Å². The van der Waals surface area contributed by atoms with Crippen LogP contribution in [-0.4, -0.2) is 11.9 Å². The van der Waals surface area contributed by atoms with Crippen molar-refractivity contribution in [1.29, 1.82) is 0 Å². The van der Waals surface area contributed by atoms with Crippen molar-refractivity contribution in [2.45, 2.75) is 52.0 Å². The van der Waals surface area contributed by atoms with E-state index in [2.05, 4.69) is 13.8 Å². The van der Waals surface area contributed by atoms with Gasteiger partial charge in [-0.1, -0.05) is 20.3 Å². The minimum Gasteiger partial charge on any atom is -0.387 e.